The van der Waals surface area contributed by atoms with Gasteiger partial charge in [-0.3, -0.25) is 4.79 Å². The SMILES string of the molecule is CCCC(O)(C1OC1C(C)(O)C(C)(CO)CCC1CCNC(N)C1)C1CCC2(O)C3=CC(=O)C4CC(O)CCC4(C4CCCC4)C3CCC12C. The molecule has 14 unspecified atom stereocenters. The summed E-state index contributed by atoms with van der Waals surface area (Å²) < 4.78 is 6.40. The number of carbonyl (C=O) groups is 1. The highest BCUT2D eigenvalue weighted by Crippen LogP contribution is 2.72. The minimum atomic E-state index is -1.39. The van der Waals surface area contributed by atoms with Gasteiger partial charge in [0.2, 0.25) is 0 Å². The fraction of sp³-hybridized carbons (Fsp3) is 0.927. The smallest absolute Gasteiger partial charge is 0.159 e. The highest BCUT2D eigenvalue weighted by molar-refractivity contribution is 5.95. The topological polar surface area (TPSA) is 169 Å². The largest absolute Gasteiger partial charge is 0.396 e. The molecule has 9 nitrogen and oxygen atoms in total. The molecule has 4 saturated carbocycles. The van der Waals surface area contributed by atoms with E-state index in [1.54, 1.807) is 13.0 Å². The van der Waals surface area contributed by atoms with Crippen LogP contribution in [0.3, 0.4) is 0 Å². The summed E-state index contributed by atoms with van der Waals surface area (Å²) >= 11 is 0. The number of allylic oxidation sites excluding steroid dienone is 1. The van der Waals surface area contributed by atoms with Gasteiger partial charge in [-0.15, -0.1) is 0 Å². The Bertz CT molecular complexity index is 1320. The van der Waals surface area contributed by atoms with Crippen LogP contribution in [0.25, 0.3) is 0 Å². The van der Waals surface area contributed by atoms with Crippen molar-refractivity contribution in [3.63, 3.8) is 0 Å². The van der Waals surface area contributed by atoms with Gasteiger partial charge in [0.25, 0.3) is 0 Å². The maximum atomic E-state index is 14.1. The van der Waals surface area contributed by atoms with Gasteiger partial charge < -0.3 is 41.3 Å². The maximum absolute atomic E-state index is 14.1. The zero-order valence-electron chi connectivity index (χ0n) is 31.3. The van der Waals surface area contributed by atoms with Gasteiger partial charge >= 0.3 is 0 Å². The number of epoxide rings is 1. The monoisotopic (exact) mass is 701 g/mol. The van der Waals surface area contributed by atoms with E-state index in [2.05, 4.69) is 19.2 Å². The molecular formula is C41H68N2O7. The normalized spacial score (nSPS) is 46.9. The van der Waals surface area contributed by atoms with Crippen LogP contribution < -0.4 is 11.1 Å². The second-order valence-electron chi connectivity index (χ2n) is 19.1. The van der Waals surface area contributed by atoms with Crippen molar-refractivity contribution < 1.29 is 35.1 Å². The number of piperidine rings is 1. The van der Waals surface area contributed by atoms with Crippen LogP contribution in [0.5, 0.6) is 0 Å². The minimum absolute atomic E-state index is 0.0240. The van der Waals surface area contributed by atoms with Gasteiger partial charge in [0.1, 0.15) is 12.2 Å². The Labute approximate surface area is 300 Å². The summed E-state index contributed by atoms with van der Waals surface area (Å²) in [4.78, 5) is 14.1. The van der Waals surface area contributed by atoms with Crippen LogP contribution in [-0.4, -0.2) is 85.7 Å². The van der Waals surface area contributed by atoms with Crippen LogP contribution in [0.1, 0.15) is 137 Å². The molecule has 2 aliphatic heterocycles. The number of aliphatic hydroxyl groups excluding tert-OH is 2. The highest BCUT2D eigenvalue weighted by atomic mass is 16.6. The van der Waals surface area contributed by atoms with E-state index in [1.807, 2.05) is 6.92 Å². The summed E-state index contributed by atoms with van der Waals surface area (Å²) in [6.07, 6.45) is 14.1. The molecule has 0 aromatic carbocycles. The number of ether oxygens (including phenoxy) is 1. The van der Waals surface area contributed by atoms with Crippen LogP contribution in [0.15, 0.2) is 11.6 Å². The van der Waals surface area contributed by atoms with Gasteiger partial charge in [-0.2, -0.15) is 0 Å². The summed E-state index contributed by atoms with van der Waals surface area (Å²) in [7, 11) is 0. The van der Waals surface area contributed by atoms with Crippen LogP contribution in [0, 0.1) is 45.8 Å². The van der Waals surface area contributed by atoms with Crippen molar-refractivity contribution in [2.24, 2.45) is 51.6 Å². The average Bonchev–Trinajstić information content (AvgIpc) is 3.63. The van der Waals surface area contributed by atoms with E-state index in [0.29, 0.717) is 43.9 Å². The summed E-state index contributed by atoms with van der Waals surface area (Å²) in [5, 5.41) is 63.0. The number of ketones is 1. The van der Waals surface area contributed by atoms with Gasteiger partial charge in [-0.05, 0) is 144 Å². The number of nitrogens with one attached hydrogen (secondary N) is 1. The maximum Gasteiger partial charge on any atom is 0.159 e. The molecule has 50 heavy (non-hydrogen) atoms. The molecular weight excluding hydrogens is 632 g/mol. The second-order valence-corrected chi connectivity index (χ2v) is 19.1. The molecule has 0 bridgehead atoms. The van der Waals surface area contributed by atoms with Crippen LogP contribution in [0.4, 0.5) is 0 Å². The molecule has 6 fully saturated rings. The van der Waals surface area contributed by atoms with Gasteiger partial charge in [0, 0.05) is 16.7 Å². The van der Waals surface area contributed by atoms with Gasteiger partial charge in [-0.1, -0.05) is 40.0 Å². The lowest BCUT2D eigenvalue weighted by molar-refractivity contribution is -0.166. The van der Waals surface area contributed by atoms with E-state index in [0.717, 1.165) is 76.3 Å². The molecule has 2 heterocycles. The van der Waals surface area contributed by atoms with E-state index in [9.17, 15) is 30.3 Å². The first-order chi connectivity index (χ1) is 23.6. The van der Waals surface area contributed by atoms with Gasteiger partial charge in [0.15, 0.2) is 5.78 Å². The fourth-order valence-corrected chi connectivity index (χ4v) is 13.5. The molecule has 14 atom stereocenters. The third-order valence-electron chi connectivity index (χ3n) is 16.8. The Morgan fingerprint density at radius 1 is 0.980 bits per heavy atom. The second kappa shape index (κ2) is 13.1. The first kappa shape index (κ1) is 37.4. The lowest BCUT2D eigenvalue weighted by Gasteiger charge is -2.63. The van der Waals surface area contributed by atoms with E-state index in [1.165, 1.54) is 12.8 Å². The quantitative estimate of drug-likeness (QED) is 0.154. The number of hydrogen-bond acceptors (Lipinski definition) is 9. The van der Waals surface area contributed by atoms with Crippen molar-refractivity contribution >= 4 is 5.78 Å². The molecule has 7 aliphatic rings. The number of fused-ring (bicyclic) bond motifs is 5. The molecule has 0 spiro atoms. The predicted octanol–water partition coefficient (Wildman–Crippen LogP) is 4.50. The minimum Gasteiger partial charge on any atom is -0.396 e. The molecule has 284 valence electrons. The Kier molecular flexibility index (Phi) is 9.83. The lowest BCUT2D eigenvalue weighted by Crippen LogP contribution is -2.63. The summed E-state index contributed by atoms with van der Waals surface area (Å²) in [6, 6.07) is 0. The van der Waals surface area contributed by atoms with Crippen molar-refractivity contribution in [1.82, 2.24) is 5.32 Å². The first-order valence-electron chi connectivity index (χ1n) is 20.5. The zero-order valence-corrected chi connectivity index (χ0v) is 31.3. The Balaban J connectivity index is 1.16. The Hall–Kier alpha value is -0.910. The summed E-state index contributed by atoms with van der Waals surface area (Å²) in [5.74, 6) is 0.601. The standard InChI is InChI=1S/C41H68N2O7/c1-5-15-40(48,35-34(50-35)38(4,47)36(2,24-44)16-10-25-14-20-43-33(42)21-25)32-13-19-41(49)29-23-31(46)30-22-27(45)11-18-39(30,26-8-6-7-9-26)28(29)12-17-37(32,41)3/h23,25-28,30,32-35,43-45,47-49H,5-22,24,42H2,1-4H3. The number of nitrogens with two attached hydrogens (primary N) is 1. The van der Waals surface area contributed by atoms with Crippen molar-refractivity contribution in [3.8, 4) is 0 Å². The first-order valence-corrected chi connectivity index (χ1v) is 20.5. The molecule has 0 aromatic heterocycles. The Morgan fingerprint density at radius 2 is 1.72 bits per heavy atom. The van der Waals surface area contributed by atoms with Crippen molar-refractivity contribution in [2.75, 3.05) is 13.2 Å². The van der Waals surface area contributed by atoms with E-state index < -0.39 is 45.9 Å². The van der Waals surface area contributed by atoms with E-state index >= 15 is 0 Å². The Morgan fingerprint density at radius 3 is 2.40 bits per heavy atom. The van der Waals surface area contributed by atoms with Gasteiger partial charge in [0.05, 0.1) is 35.7 Å². The van der Waals surface area contributed by atoms with Crippen LogP contribution in [0.2, 0.25) is 0 Å². The molecule has 0 aromatic rings. The van der Waals surface area contributed by atoms with E-state index in [-0.39, 0.29) is 41.7 Å². The number of carbonyl (C=O) groups excluding carboxylic acids is 1. The zero-order chi connectivity index (χ0) is 35.9. The van der Waals surface area contributed by atoms with Gasteiger partial charge in [-0.25, -0.2) is 0 Å². The molecule has 0 radical (unpaired) electrons. The van der Waals surface area contributed by atoms with Crippen LogP contribution >= 0.6 is 0 Å². The molecule has 8 N–H and O–H groups in total. The van der Waals surface area contributed by atoms with Crippen LogP contribution in [-0.2, 0) is 9.53 Å². The van der Waals surface area contributed by atoms with Crippen molar-refractivity contribution in [1.29, 1.82) is 0 Å². The third-order valence-corrected chi connectivity index (χ3v) is 16.8. The number of aliphatic hydroxyl groups is 5. The predicted molar refractivity (Wildman–Crippen MR) is 192 cm³/mol. The summed E-state index contributed by atoms with van der Waals surface area (Å²) in [5.41, 5.74) is 1.48. The number of hydrogen-bond donors (Lipinski definition) is 7. The number of rotatable bonds is 11. The molecule has 0 amide bonds. The molecule has 9 heteroatoms. The van der Waals surface area contributed by atoms with E-state index in [4.69, 9.17) is 10.5 Å². The average molecular weight is 701 g/mol. The fourth-order valence-electron chi connectivity index (χ4n) is 13.5. The van der Waals surface area contributed by atoms with Crippen molar-refractivity contribution in [3.05, 3.63) is 11.6 Å². The van der Waals surface area contributed by atoms with Crippen molar-refractivity contribution in [2.45, 2.75) is 178 Å². The third kappa shape index (κ3) is 5.48. The lowest BCUT2D eigenvalue weighted by atomic mass is 9.42. The molecule has 2 saturated heterocycles. The molecule has 7 rings (SSSR count). The highest BCUT2D eigenvalue weighted by Gasteiger charge is 2.74. The molecule has 5 aliphatic carbocycles. The summed E-state index contributed by atoms with van der Waals surface area (Å²) in [6.45, 7) is 8.59.